The molecule has 0 spiro atoms. The lowest BCUT2D eigenvalue weighted by atomic mass is 10.2. The number of nitrogens with zero attached hydrogens (tertiary/aromatic N) is 2. The van der Waals surface area contributed by atoms with E-state index >= 15 is 0 Å². The van der Waals surface area contributed by atoms with Crippen LogP contribution >= 0.6 is 0 Å². The SMILES string of the molecule is CCOc1ccc(NCc2nnc(-c3ccccc3)o2)cc1. The molecule has 0 saturated carbocycles. The third-order valence-electron chi connectivity index (χ3n) is 3.10. The van der Waals surface area contributed by atoms with Crippen molar-refractivity contribution in [1.29, 1.82) is 0 Å². The van der Waals surface area contributed by atoms with E-state index in [1.165, 1.54) is 0 Å². The van der Waals surface area contributed by atoms with Crippen LogP contribution in [-0.2, 0) is 6.54 Å². The van der Waals surface area contributed by atoms with E-state index in [1.807, 2.05) is 61.5 Å². The molecule has 0 aliphatic carbocycles. The van der Waals surface area contributed by atoms with Crippen LogP contribution in [0.25, 0.3) is 11.5 Å². The smallest absolute Gasteiger partial charge is 0.247 e. The predicted molar refractivity (Wildman–Crippen MR) is 84.7 cm³/mol. The molecular formula is C17H17N3O2. The van der Waals surface area contributed by atoms with Crippen molar-refractivity contribution < 1.29 is 9.15 Å². The summed E-state index contributed by atoms with van der Waals surface area (Å²) < 4.78 is 11.1. The van der Waals surface area contributed by atoms with E-state index in [0.29, 0.717) is 24.9 Å². The summed E-state index contributed by atoms with van der Waals surface area (Å²) in [4.78, 5) is 0. The molecule has 1 aromatic heterocycles. The van der Waals surface area contributed by atoms with Crippen molar-refractivity contribution >= 4 is 5.69 Å². The van der Waals surface area contributed by atoms with Gasteiger partial charge in [-0.05, 0) is 43.3 Å². The fourth-order valence-electron chi connectivity index (χ4n) is 2.04. The highest BCUT2D eigenvalue weighted by molar-refractivity contribution is 5.52. The molecule has 0 aliphatic heterocycles. The molecule has 3 aromatic rings. The molecular weight excluding hydrogens is 278 g/mol. The van der Waals surface area contributed by atoms with Crippen LogP contribution in [0.5, 0.6) is 5.75 Å². The van der Waals surface area contributed by atoms with Gasteiger partial charge in [0.25, 0.3) is 0 Å². The number of aromatic nitrogens is 2. The van der Waals surface area contributed by atoms with Gasteiger partial charge in [-0.2, -0.15) is 0 Å². The fourth-order valence-corrected chi connectivity index (χ4v) is 2.04. The van der Waals surface area contributed by atoms with Crippen LogP contribution in [0.2, 0.25) is 0 Å². The summed E-state index contributed by atoms with van der Waals surface area (Å²) in [5, 5.41) is 11.4. The lowest BCUT2D eigenvalue weighted by Crippen LogP contribution is -1.99. The number of hydrogen-bond acceptors (Lipinski definition) is 5. The number of nitrogens with one attached hydrogen (secondary N) is 1. The zero-order chi connectivity index (χ0) is 15.2. The lowest BCUT2D eigenvalue weighted by Gasteiger charge is -2.06. The first-order chi connectivity index (χ1) is 10.8. The Bertz CT molecular complexity index is 708. The monoisotopic (exact) mass is 295 g/mol. The lowest BCUT2D eigenvalue weighted by molar-refractivity contribution is 0.340. The van der Waals surface area contributed by atoms with Crippen LogP contribution < -0.4 is 10.1 Å². The molecule has 0 fully saturated rings. The van der Waals surface area contributed by atoms with Gasteiger partial charge in [-0.3, -0.25) is 0 Å². The molecule has 0 atom stereocenters. The highest BCUT2D eigenvalue weighted by Crippen LogP contribution is 2.19. The van der Waals surface area contributed by atoms with Crippen LogP contribution in [0.1, 0.15) is 12.8 Å². The van der Waals surface area contributed by atoms with Crippen LogP contribution in [0.3, 0.4) is 0 Å². The van der Waals surface area contributed by atoms with Gasteiger partial charge < -0.3 is 14.5 Å². The van der Waals surface area contributed by atoms with Gasteiger partial charge in [0.1, 0.15) is 5.75 Å². The summed E-state index contributed by atoms with van der Waals surface area (Å²) in [6.45, 7) is 3.11. The Morgan fingerprint density at radius 1 is 1.00 bits per heavy atom. The van der Waals surface area contributed by atoms with Crippen molar-refractivity contribution in [2.75, 3.05) is 11.9 Å². The van der Waals surface area contributed by atoms with E-state index in [1.54, 1.807) is 0 Å². The Hall–Kier alpha value is -2.82. The van der Waals surface area contributed by atoms with E-state index in [4.69, 9.17) is 9.15 Å². The average Bonchev–Trinajstić information content (AvgIpc) is 3.04. The summed E-state index contributed by atoms with van der Waals surface area (Å²) in [6.07, 6.45) is 0. The summed E-state index contributed by atoms with van der Waals surface area (Å²) in [5.41, 5.74) is 1.89. The topological polar surface area (TPSA) is 60.2 Å². The normalized spacial score (nSPS) is 10.4. The first kappa shape index (κ1) is 14.1. The first-order valence-corrected chi connectivity index (χ1v) is 7.19. The van der Waals surface area contributed by atoms with Crippen LogP contribution in [0, 0.1) is 0 Å². The van der Waals surface area contributed by atoms with Crippen molar-refractivity contribution in [3.05, 3.63) is 60.5 Å². The number of hydrogen-bond donors (Lipinski definition) is 1. The molecule has 0 radical (unpaired) electrons. The second kappa shape index (κ2) is 6.76. The van der Waals surface area contributed by atoms with Crippen LogP contribution in [0.15, 0.2) is 59.0 Å². The number of ether oxygens (including phenoxy) is 1. The molecule has 0 amide bonds. The minimum absolute atomic E-state index is 0.480. The molecule has 112 valence electrons. The Morgan fingerprint density at radius 2 is 1.77 bits per heavy atom. The van der Waals surface area contributed by atoms with E-state index in [2.05, 4.69) is 15.5 Å². The van der Waals surface area contributed by atoms with E-state index in [9.17, 15) is 0 Å². The largest absolute Gasteiger partial charge is 0.494 e. The van der Waals surface area contributed by atoms with Crippen molar-refractivity contribution in [3.63, 3.8) is 0 Å². The van der Waals surface area contributed by atoms with Gasteiger partial charge in [-0.15, -0.1) is 10.2 Å². The minimum Gasteiger partial charge on any atom is -0.494 e. The van der Waals surface area contributed by atoms with Gasteiger partial charge in [0.05, 0.1) is 13.2 Å². The van der Waals surface area contributed by atoms with E-state index in [0.717, 1.165) is 17.0 Å². The summed E-state index contributed by atoms with van der Waals surface area (Å²) in [7, 11) is 0. The Kier molecular flexibility index (Phi) is 4.34. The third kappa shape index (κ3) is 3.44. The maximum absolute atomic E-state index is 5.64. The second-order valence-corrected chi connectivity index (χ2v) is 4.68. The zero-order valence-corrected chi connectivity index (χ0v) is 12.3. The highest BCUT2D eigenvalue weighted by Gasteiger charge is 2.07. The Labute approximate surface area is 129 Å². The van der Waals surface area contributed by atoms with Crippen molar-refractivity contribution in [2.24, 2.45) is 0 Å². The maximum atomic E-state index is 5.64. The molecule has 0 bridgehead atoms. The molecule has 1 N–H and O–H groups in total. The van der Waals surface area contributed by atoms with Crippen molar-refractivity contribution in [3.8, 4) is 17.2 Å². The van der Waals surface area contributed by atoms with Crippen LogP contribution in [-0.4, -0.2) is 16.8 Å². The van der Waals surface area contributed by atoms with Gasteiger partial charge in [0.15, 0.2) is 0 Å². The molecule has 0 unspecified atom stereocenters. The van der Waals surface area contributed by atoms with E-state index in [-0.39, 0.29) is 0 Å². The first-order valence-electron chi connectivity index (χ1n) is 7.19. The molecule has 1 heterocycles. The predicted octanol–water partition coefficient (Wildman–Crippen LogP) is 3.75. The van der Waals surface area contributed by atoms with Gasteiger partial charge >= 0.3 is 0 Å². The molecule has 0 saturated heterocycles. The van der Waals surface area contributed by atoms with Crippen LogP contribution in [0.4, 0.5) is 5.69 Å². The number of benzene rings is 2. The summed E-state index contributed by atoms with van der Waals surface area (Å²) in [5.74, 6) is 1.94. The third-order valence-corrected chi connectivity index (χ3v) is 3.10. The summed E-state index contributed by atoms with van der Waals surface area (Å²) in [6, 6.07) is 17.5. The zero-order valence-electron chi connectivity index (χ0n) is 12.3. The fraction of sp³-hybridized carbons (Fsp3) is 0.176. The average molecular weight is 295 g/mol. The van der Waals surface area contributed by atoms with Crippen molar-refractivity contribution in [1.82, 2.24) is 10.2 Å². The standard InChI is InChI=1S/C17H17N3O2/c1-2-21-15-10-8-14(9-11-15)18-12-16-19-20-17(22-16)13-6-4-3-5-7-13/h3-11,18H,2,12H2,1H3. The molecule has 3 rings (SSSR count). The van der Waals surface area contributed by atoms with Crippen molar-refractivity contribution in [2.45, 2.75) is 13.5 Å². The summed E-state index contributed by atoms with van der Waals surface area (Å²) >= 11 is 0. The maximum Gasteiger partial charge on any atom is 0.247 e. The minimum atomic E-state index is 0.480. The molecule has 0 aliphatic rings. The molecule has 22 heavy (non-hydrogen) atoms. The molecule has 2 aromatic carbocycles. The van der Waals surface area contributed by atoms with Gasteiger partial charge in [-0.1, -0.05) is 18.2 Å². The highest BCUT2D eigenvalue weighted by atomic mass is 16.5. The number of anilines is 1. The van der Waals surface area contributed by atoms with E-state index < -0.39 is 0 Å². The molecule has 5 nitrogen and oxygen atoms in total. The molecule has 5 heteroatoms. The van der Waals surface area contributed by atoms with Gasteiger partial charge in [-0.25, -0.2) is 0 Å². The quantitative estimate of drug-likeness (QED) is 0.750. The Balaban J connectivity index is 1.61. The number of rotatable bonds is 6. The Morgan fingerprint density at radius 3 is 2.50 bits per heavy atom. The van der Waals surface area contributed by atoms with Gasteiger partial charge in [0.2, 0.25) is 11.8 Å². The second-order valence-electron chi connectivity index (χ2n) is 4.68. The van der Waals surface area contributed by atoms with Gasteiger partial charge in [0, 0.05) is 11.3 Å².